The summed E-state index contributed by atoms with van der Waals surface area (Å²) in [6, 6.07) is 11.2. The molecule has 0 aliphatic rings. The monoisotopic (exact) mass is 447 g/mol. The fourth-order valence-corrected chi connectivity index (χ4v) is 3.47. The van der Waals surface area contributed by atoms with Crippen LogP contribution in [0.1, 0.15) is 5.56 Å². The summed E-state index contributed by atoms with van der Waals surface area (Å²) in [5.74, 6) is 0.344. The van der Waals surface area contributed by atoms with Crippen LogP contribution < -0.4 is 0 Å². The van der Waals surface area contributed by atoms with Crippen LogP contribution in [0.4, 0.5) is 5.69 Å². The van der Waals surface area contributed by atoms with Gasteiger partial charge in [0.25, 0.3) is 5.69 Å². The molecule has 0 saturated heterocycles. The highest BCUT2D eigenvalue weighted by Gasteiger charge is 2.14. The average Bonchev–Trinajstić information content (AvgIpc) is 3.29. The van der Waals surface area contributed by atoms with Crippen molar-refractivity contribution < 1.29 is 4.92 Å². The molecule has 9 nitrogen and oxygen atoms in total. The van der Waals surface area contributed by atoms with Crippen molar-refractivity contribution >= 4 is 41.1 Å². The van der Waals surface area contributed by atoms with Gasteiger partial charge in [-0.05, 0) is 29.0 Å². The Kier molecular flexibility index (Phi) is 5.14. The Morgan fingerprint density at radius 1 is 1.17 bits per heavy atom. The van der Waals surface area contributed by atoms with Crippen LogP contribution in [0.2, 0.25) is 10.0 Å². The molecule has 0 radical (unpaired) electrons. The van der Waals surface area contributed by atoms with E-state index in [0.717, 1.165) is 5.56 Å². The number of rotatable bonds is 5. The van der Waals surface area contributed by atoms with Crippen molar-refractivity contribution in [3.05, 3.63) is 79.0 Å². The predicted molar refractivity (Wildman–Crippen MR) is 110 cm³/mol. The van der Waals surface area contributed by atoms with Crippen LogP contribution in [0.15, 0.2) is 48.7 Å². The van der Waals surface area contributed by atoms with Gasteiger partial charge in [0.2, 0.25) is 5.82 Å². The molecule has 2 heterocycles. The van der Waals surface area contributed by atoms with E-state index in [1.54, 1.807) is 41.2 Å². The number of nitrogens with one attached hydrogen (secondary N) is 1. The van der Waals surface area contributed by atoms with Gasteiger partial charge >= 0.3 is 0 Å². The van der Waals surface area contributed by atoms with Gasteiger partial charge in [-0.25, -0.2) is 4.68 Å². The van der Waals surface area contributed by atoms with E-state index in [0.29, 0.717) is 38.3 Å². The fraction of sp³-hybridized carbons (Fsp3) is 0.0588. The standard InChI is InChI=1S/C17H11Cl2N7O2S/c18-11-3-6-15(14(19)7-11)25-17(29)13(8-20-25)16-21-23-24(22-16)9-10-1-4-12(5-2-10)26(27)28/h1-8,20H,9H2. The maximum absolute atomic E-state index is 10.7. The van der Waals surface area contributed by atoms with Gasteiger partial charge in [-0.1, -0.05) is 47.6 Å². The van der Waals surface area contributed by atoms with Gasteiger partial charge < -0.3 is 0 Å². The normalized spacial score (nSPS) is 11.0. The molecule has 0 bridgehead atoms. The van der Waals surface area contributed by atoms with Crippen molar-refractivity contribution in [3.63, 3.8) is 0 Å². The van der Waals surface area contributed by atoms with Crippen molar-refractivity contribution in [2.75, 3.05) is 0 Å². The highest BCUT2D eigenvalue weighted by atomic mass is 35.5. The number of nitro groups is 1. The predicted octanol–water partition coefficient (Wildman–Crippen LogP) is 4.45. The van der Waals surface area contributed by atoms with E-state index in [1.165, 1.54) is 16.9 Å². The summed E-state index contributed by atoms with van der Waals surface area (Å²) in [4.78, 5) is 11.7. The van der Waals surface area contributed by atoms with E-state index in [1.807, 2.05) is 0 Å². The minimum absolute atomic E-state index is 0.0227. The van der Waals surface area contributed by atoms with Crippen LogP contribution in [0.5, 0.6) is 0 Å². The zero-order valence-electron chi connectivity index (χ0n) is 14.5. The van der Waals surface area contributed by atoms with Crippen molar-refractivity contribution in [1.29, 1.82) is 0 Å². The lowest BCUT2D eigenvalue weighted by Gasteiger charge is -2.05. The third kappa shape index (κ3) is 3.90. The summed E-state index contributed by atoms with van der Waals surface area (Å²) < 4.78 is 2.06. The minimum Gasteiger partial charge on any atom is -0.299 e. The topological polar surface area (TPSA) is 107 Å². The number of benzene rings is 2. The first-order valence-corrected chi connectivity index (χ1v) is 9.36. The number of tetrazole rings is 1. The molecule has 4 aromatic rings. The van der Waals surface area contributed by atoms with E-state index < -0.39 is 4.92 Å². The van der Waals surface area contributed by atoms with Crippen LogP contribution in [0.3, 0.4) is 0 Å². The number of aromatic nitrogens is 6. The van der Waals surface area contributed by atoms with Crippen molar-refractivity contribution in [3.8, 4) is 17.1 Å². The Hall–Kier alpha value is -3.08. The summed E-state index contributed by atoms with van der Waals surface area (Å²) in [5.41, 5.74) is 2.05. The molecular weight excluding hydrogens is 437 g/mol. The molecule has 29 heavy (non-hydrogen) atoms. The Bertz CT molecular complexity index is 1260. The average molecular weight is 448 g/mol. The maximum atomic E-state index is 10.7. The van der Waals surface area contributed by atoms with Crippen molar-refractivity contribution in [1.82, 2.24) is 30.0 Å². The third-order valence-corrected chi connectivity index (χ3v) is 5.03. The van der Waals surface area contributed by atoms with E-state index >= 15 is 0 Å². The Morgan fingerprint density at radius 3 is 2.62 bits per heavy atom. The number of non-ortho nitro benzene ring substituents is 1. The molecule has 0 spiro atoms. The van der Waals surface area contributed by atoms with Gasteiger partial charge in [-0.3, -0.25) is 15.2 Å². The Balaban J connectivity index is 1.59. The van der Waals surface area contributed by atoms with Crippen LogP contribution in [0, 0.1) is 14.8 Å². The van der Waals surface area contributed by atoms with Gasteiger partial charge in [-0.15, -0.1) is 10.2 Å². The Labute approximate surface area is 178 Å². The van der Waals surface area contributed by atoms with Crippen LogP contribution in [-0.4, -0.2) is 34.9 Å². The van der Waals surface area contributed by atoms with E-state index in [-0.39, 0.29) is 5.69 Å². The first kappa shape index (κ1) is 19.2. The summed E-state index contributed by atoms with van der Waals surface area (Å²) >= 11 is 17.7. The van der Waals surface area contributed by atoms with Crippen LogP contribution in [-0.2, 0) is 6.54 Å². The zero-order valence-corrected chi connectivity index (χ0v) is 16.8. The number of nitrogens with zero attached hydrogens (tertiary/aromatic N) is 6. The molecular formula is C17H11Cl2N7O2S. The molecule has 0 saturated carbocycles. The molecule has 0 aliphatic carbocycles. The van der Waals surface area contributed by atoms with Crippen molar-refractivity contribution in [2.24, 2.45) is 0 Å². The lowest BCUT2D eigenvalue weighted by Crippen LogP contribution is -2.04. The second kappa shape index (κ2) is 7.74. The van der Waals surface area contributed by atoms with Gasteiger partial charge in [0.05, 0.1) is 27.7 Å². The highest BCUT2D eigenvalue weighted by molar-refractivity contribution is 7.71. The molecule has 2 aromatic heterocycles. The van der Waals surface area contributed by atoms with Crippen LogP contribution in [0.25, 0.3) is 17.1 Å². The second-order valence-electron chi connectivity index (χ2n) is 5.99. The van der Waals surface area contributed by atoms with Gasteiger partial charge in [0.15, 0.2) is 0 Å². The molecule has 1 N–H and O–H groups in total. The largest absolute Gasteiger partial charge is 0.299 e. The first-order chi connectivity index (χ1) is 13.9. The fourth-order valence-electron chi connectivity index (χ4n) is 2.68. The van der Waals surface area contributed by atoms with Crippen molar-refractivity contribution in [2.45, 2.75) is 6.54 Å². The third-order valence-electron chi connectivity index (χ3n) is 4.09. The van der Waals surface area contributed by atoms with Crippen LogP contribution >= 0.6 is 35.4 Å². The van der Waals surface area contributed by atoms with Gasteiger partial charge in [0, 0.05) is 23.4 Å². The maximum Gasteiger partial charge on any atom is 0.269 e. The molecule has 0 fully saturated rings. The van der Waals surface area contributed by atoms with Gasteiger partial charge in [-0.2, -0.15) is 4.80 Å². The second-order valence-corrected chi connectivity index (χ2v) is 7.22. The zero-order chi connectivity index (χ0) is 20.5. The molecule has 2 aromatic carbocycles. The number of aromatic amines is 1. The summed E-state index contributed by atoms with van der Waals surface area (Å²) in [6.45, 7) is 0.311. The van der Waals surface area contributed by atoms with E-state index in [4.69, 9.17) is 35.4 Å². The summed E-state index contributed by atoms with van der Waals surface area (Å²) in [5, 5.41) is 27.2. The smallest absolute Gasteiger partial charge is 0.269 e. The number of hydrogen-bond acceptors (Lipinski definition) is 6. The lowest BCUT2D eigenvalue weighted by atomic mass is 10.2. The quantitative estimate of drug-likeness (QED) is 0.275. The van der Waals surface area contributed by atoms with E-state index in [9.17, 15) is 10.1 Å². The number of halogens is 2. The number of hydrogen-bond donors (Lipinski definition) is 1. The number of H-pyrrole nitrogens is 1. The Morgan fingerprint density at radius 2 is 1.93 bits per heavy atom. The molecule has 0 unspecified atom stereocenters. The summed E-state index contributed by atoms with van der Waals surface area (Å²) in [7, 11) is 0. The summed E-state index contributed by atoms with van der Waals surface area (Å²) in [6.07, 6.45) is 1.67. The SMILES string of the molecule is O=[N+]([O-])c1ccc(Cn2nnc(-c3c[nH]n(-c4ccc(Cl)cc4Cl)c3=S)n2)cc1. The van der Waals surface area contributed by atoms with Gasteiger partial charge in [0.1, 0.15) is 4.64 Å². The highest BCUT2D eigenvalue weighted by Crippen LogP contribution is 2.26. The molecule has 146 valence electrons. The molecule has 0 amide bonds. The first-order valence-electron chi connectivity index (χ1n) is 8.20. The van der Waals surface area contributed by atoms with E-state index in [2.05, 4.69) is 20.5 Å². The molecule has 0 atom stereocenters. The number of nitro benzene ring substituents is 1. The molecule has 4 rings (SSSR count). The lowest BCUT2D eigenvalue weighted by molar-refractivity contribution is -0.384. The molecule has 12 heteroatoms. The minimum atomic E-state index is -0.450. The molecule has 0 aliphatic heterocycles.